The fourth-order valence-corrected chi connectivity index (χ4v) is 3.27. The summed E-state index contributed by atoms with van der Waals surface area (Å²) in [6.07, 6.45) is 3.80. The van der Waals surface area contributed by atoms with Gasteiger partial charge in [0.2, 0.25) is 0 Å². The topological polar surface area (TPSA) is 44.5 Å². The molecule has 0 aliphatic heterocycles. The maximum absolute atomic E-state index is 6.32. The van der Waals surface area contributed by atoms with Gasteiger partial charge in [0.15, 0.2) is 0 Å². The van der Waals surface area contributed by atoms with Crippen LogP contribution in [0.1, 0.15) is 44.7 Å². The Labute approximate surface area is 130 Å². The maximum atomic E-state index is 6.32. The average molecular weight is 342 g/mol. The molecule has 0 bridgehead atoms. The SMILES string of the molecule is CCOc1ccc(C(N)CC2CC(OCC)C2)cc1Br. The summed E-state index contributed by atoms with van der Waals surface area (Å²) < 4.78 is 12.1. The third kappa shape index (κ3) is 3.96. The van der Waals surface area contributed by atoms with E-state index in [2.05, 4.69) is 35.0 Å². The summed E-state index contributed by atoms with van der Waals surface area (Å²) in [5.74, 6) is 1.58. The van der Waals surface area contributed by atoms with E-state index in [1.165, 1.54) is 5.56 Å². The Hall–Kier alpha value is -0.580. The molecule has 1 fully saturated rings. The van der Waals surface area contributed by atoms with Crippen LogP contribution in [0.15, 0.2) is 22.7 Å². The predicted octanol–water partition coefficient (Wildman–Crippen LogP) is 4.05. The highest BCUT2D eigenvalue weighted by molar-refractivity contribution is 9.10. The van der Waals surface area contributed by atoms with Crippen molar-refractivity contribution < 1.29 is 9.47 Å². The van der Waals surface area contributed by atoms with Gasteiger partial charge in [-0.2, -0.15) is 0 Å². The van der Waals surface area contributed by atoms with E-state index in [4.69, 9.17) is 15.2 Å². The number of ether oxygens (including phenoxy) is 2. The summed E-state index contributed by atoms with van der Waals surface area (Å²) in [5, 5.41) is 0. The first kappa shape index (κ1) is 15.8. The molecule has 20 heavy (non-hydrogen) atoms. The van der Waals surface area contributed by atoms with Gasteiger partial charge in [-0.05, 0) is 72.7 Å². The minimum atomic E-state index is 0.0922. The van der Waals surface area contributed by atoms with Crippen molar-refractivity contribution in [2.24, 2.45) is 11.7 Å². The Morgan fingerprint density at radius 3 is 2.65 bits per heavy atom. The molecule has 0 aromatic heterocycles. The Morgan fingerprint density at radius 2 is 2.05 bits per heavy atom. The Kier molecular flexibility index (Phi) is 5.87. The van der Waals surface area contributed by atoms with Crippen molar-refractivity contribution in [2.75, 3.05) is 13.2 Å². The van der Waals surface area contributed by atoms with Gasteiger partial charge >= 0.3 is 0 Å². The lowest BCUT2D eigenvalue weighted by Crippen LogP contribution is -2.33. The van der Waals surface area contributed by atoms with Crippen LogP contribution in [-0.2, 0) is 4.74 Å². The van der Waals surface area contributed by atoms with Crippen LogP contribution in [-0.4, -0.2) is 19.3 Å². The van der Waals surface area contributed by atoms with E-state index < -0.39 is 0 Å². The second-order valence-electron chi connectivity index (χ2n) is 5.38. The van der Waals surface area contributed by atoms with Crippen molar-refractivity contribution in [3.8, 4) is 5.75 Å². The third-order valence-corrected chi connectivity index (χ3v) is 4.49. The largest absolute Gasteiger partial charge is 0.493 e. The van der Waals surface area contributed by atoms with Crippen molar-refractivity contribution in [1.29, 1.82) is 0 Å². The first-order chi connectivity index (χ1) is 9.63. The van der Waals surface area contributed by atoms with Crippen LogP contribution in [0.2, 0.25) is 0 Å². The van der Waals surface area contributed by atoms with Crippen LogP contribution >= 0.6 is 15.9 Å². The smallest absolute Gasteiger partial charge is 0.133 e. The molecule has 0 heterocycles. The lowest BCUT2D eigenvalue weighted by atomic mass is 9.77. The molecule has 1 unspecified atom stereocenters. The van der Waals surface area contributed by atoms with E-state index in [1.54, 1.807) is 0 Å². The highest BCUT2D eigenvalue weighted by Gasteiger charge is 2.30. The Morgan fingerprint density at radius 1 is 1.30 bits per heavy atom. The Bertz CT molecular complexity index is 432. The first-order valence-corrected chi connectivity index (χ1v) is 8.22. The molecule has 2 rings (SSSR count). The summed E-state index contributed by atoms with van der Waals surface area (Å²) in [7, 11) is 0. The number of hydrogen-bond donors (Lipinski definition) is 1. The summed E-state index contributed by atoms with van der Waals surface area (Å²) in [5.41, 5.74) is 7.48. The fourth-order valence-electron chi connectivity index (χ4n) is 2.75. The highest BCUT2D eigenvalue weighted by Crippen LogP contribution is 2.37. The molecule has 0 spiro atoms. The number of hydrogen-bond acceptors (Lipinski definition) is 3. The second kappa shape index (κ2) is 7.43. The van der Waals surface area contributed by atoms with Gasteiger partial charge in [-0.3, -0.25) is 0 Å². The van der Waals surface area contributed by atoms with Crippen molar-refractivity contribution in [1.82, 2.24) is 0 Å². The number of rotatable bonds is 7. The number of halogens is 1. The Balaban J connectivity index is 1.87. The van der Waals surface area contributed by atoms with Crippen LogP contribution in [0.5, 0.6) is 5.75 Å². The normalized spacial score (nSPS) is 23.2. The van der Waals surface area contributed by atoms with Gasteiger partial charge in [-0.15, -0.1) is 0 Å². The van der Waals surface area contributed by atoms with Crippen molar-refractivity contribution in [3.63, 3.8) is 0 Å². The lowest BCUT2D eigenvalue weighted by molar-refractivity contribution is -0.0282. The molecule has 4 heteroatoms. The average Bonchev–Trinajstić information content (AvgIpc) is 2.38. The van der Waals surface area contributed by atoms with Crippen molar-refractivity contribution in [2.45, 2.75) is 45.3 Å². The van der Waals surface area contributed by atoms with Crippen LogP contribution in [0, 0.1) is 5.92 Å². The molecule has 0 saturated heterocycles. The second-order valence-corrected chi connectivity index (χ2v) is 6.23. The molecule has 1 aliphatic carbocycles. The molecule has 1 aromatic rings. The molecule has 1 aromatic carbocycles. The molecule has 112 valence electrons. The van der Waals surface area contributed by atoms with Gasteiger partial charge in [0.05, 0.1) is 17.2 Å². The zero-order valence-corrected chi connectivity index (χ0v) is 13.9. The van der Waals surface area contributed by atoms with Gasteiger partial charge < -0.3 is 15.2 Å². The zero-order valence-electron chi connectivity index (χ0n) is 12.3. The van der Waals surface area contributed by atoms with Gasteiger partial charge in [-0.1, -0.05) is 6.07 Å². The molecule has 0 amide bonds. The van der Waals surface area contributed by atoms with Gasteiger partial charge in [0.1, 0.15) is 5.75 Å². The molecular formula is C16H24BrNO2. The summed E-state index contributed by atoms with van der Waals surface area (Å²) >= 11 is 3.54. The van der Waals surface area contributed by atoms with E-state index >= 15 is 0 Å². The number of nitrogens with two attached hydrogens (primary N) is 1. The van der Waals surface area contributed by atoms with Crippen LogP contribution in [0.25, 0.3) is 0 Å². The maximum Gasteiger partial charge on any atom is 0.133 e. The molecule has 1 aliphatic rings. The van der Waals surface area contributed by atoms with Gasteiger partial charge in [0.25, 0.3) is 0 Å². The standard InChI is InChI=1S/C16H24BrNO2/c1-3-19-13-7-11(8-13)9-15(18)12-5-6-16(20-4-2)14(17)10-12/h5-6,10-11,13,15H,3-4,7-9,18H2,1-2H3. The van der Waals surface area contributed by atoms with Gasteiger partial charge in [-0.25, -0.2) is 0 Å². The van der Waals surface area contributed by atoms with E-state index in [0.29, 0.717) is 18.6 Å². The van der Waals surface area contributed by atoms with Crippen molar-refractivity contribution in [3.05, 3.63) is 28.2 Å². The lowest BCUT2D eigenvalue weighted by Gasteiger charge is -2.36. The van der Waals surface area contributed by atoms with Crippen LogP contribution < -0.4 is 10.5 Å². The van der Waals surface area contributed by atoms with Crippen LogP contribution in [0.3, 0.4) is 0 Å². The number of benzene rings is 1. The minimum Gasteiger partial charge on any atom is -0.493 e. The molecule has 1 saturated carbocycles. The highest BCUT2D eigenvalue weighted by atomic mass is 79.9. The quantitative estimate of drug-likeness (QED) is 0.813. The summed E-state index contributed by atoms with van der Waals surface area (Å²) in [6.45, 7) is 5.52. The van der Waals surface area contributed by atoms with E-state index in [1.807, 2.05) is 13.0 Å². The van der Waals surface area contributed by atoms with Crippen molar-refractivity contribution >= 4 is 15.9 Å². The minimum absolute atomic E-state index is 0.0922. The molecular weight excluding hydrogens is 318 g/mol. The fraction of sp³-hybridized carbons (Fsp3) is 0.625. The van der Waals surface area contributed by atoms with Crippen LogP contribution in [0.4, 0.5) is 0 Å². The van der Waals surface area contributed by atoms with E-state index in [0.717, 1.165) is 36.1 Å². The zero-order chi connectivity index (χ0) is 14.5. The molecule has 0 radical (unpaired) electrons. The molecule has 3 nitrogen and oxygen atoms in total. The van der Waals surface area contributed by atoms with Gasteiger partial charge in [0, 0.05) is 12.6 Å². The van der Waals surface area contributed by atoms with E-state index in [9.17, 15) is 0 Å². The molecule has 2 N–H and O–H groups in total. The summed E-state index contributed by atoms with van der Waals surface area (Å²) in [4.78, 5) is 0. The molecule has 1 atom stereocenters. The first-order valence-electron chi connectivity index (χ1n) is 7.43. The van der Waals surface area contributed by atoms with E-state index in [-0.39, 0.29) is 6.04 Å². The monoisotopic (exact) mass is 341 g/mol. The third-order valence-electron chi connectivity index (χ3n) is 3.87. The predicted molar refractivity (Wildman–Crippen MR) is 85.0 cm³/mol. The summed E-state index contributed by atoms with van der Waals surface area (Å²) in [6, 6.07) is 6.23.